The van der Waals surface area contributed by atoms with Crippen molar-refractivity contribution in [1.82, 2.24) is 0 Å². The van der Waals surface area contributed by atoms with Crippen molar-refractivity contribution in [2.45, 2.75) is 18.9 Å². The lowest BCUT2D eigenvalue weighted by molar-refractivity contribution is 0.488. The molecule has 0 aliphatic heterocycles. The van der Waals surface area contributed by atoms with Crippen molar-refractivity contribution in [3.05, 3.63) is 66.0 Å². The first-order valence-electron chi connectivity index (χ1n) is 7.30. The Balaban J connectivity index is 1.88. The van der Waals surface area contributed by atoms with Gasteiger partial charge in [-0.25, -0.2) is 8.42 Å². The monoisotopic (exact) mass is 426 g/mol. The van der Waals surface area contributed by atoms with Crippen LogP contribution in [0.15, 0.2) is 84.9 Å². The van der Waals surface area contributed by atoms with Crippen LogP contribution in [0.1, 0.15) is 0 Å². The fourth-order valence-corrected chi connectivity index (χ4v) is 6.31. The van der Waals surface area contributed by atoms with Gasteiger partial charge in [-0.15, -0.1) is 23.1 Å². The Morgan fingerprint density at radius 3 is 2.15 bits per heavy atom. The number of thiophene rings is 1. The second-order valence-corrected chi connectivity index (χ2v) is 10.6. The smallest absolute Gasteiger partial charge is 0.348 e. The maximum Gasteiger partial charge on any atom is 0.348 e. The second kappa shape index (κ2) is 7.43. The van der Waals surface area contributed by atoms with Crippen LogP contribution < -0.4 is 4.18 Å². The highest BCUT2D eigenvalue weighted by molar-refractivity contribution is 7.98. The van der Waals surface area contributed by atoms with Crippen molar-refractivity contribution >= 4 is 43.1 Å². The first-order chi connectivity index (χ1) is 12.3. The van der Waals surface area contributed by atoms with Crippen LogP contribution in [0.3, 0.4) is 0 Å². The molecule has 0 atom stereocenters. The number of hydrogen-bond acceptors (Lipinski definition) is 7. The Hall–Kier alpha value is -1.81. The highest BCUT2D eigenvalue weighted by Gasteiger charge is 2.25. The van der Waals surface area contributed by atoms with E-state index in [0.29, 0.717) is 0 Å². The molecule has 0 fully saturated rings. The summed E-state index contributed by atoms with van der Waals surface area (Å²) in [5.74, 6) is 0.170. The molecule has 0 saturated heterocycles. The summed E-state index contributed by atoms with van der Waals surface area (Å²) >= 11 is 2.33. The normalized spacial score (nSPS) is 12.0. The van der Waals surface area contributed by atoms with Gasteiger partial charge in [-0.2, -0.15) is 8.42 Å². The van der Waals surface area contributed by atoms with Gasteiger partial charge in [0, 0.05) is 10.3 Å². The van der Waals surface area contributed by atoms with Crippen LogP contribution in [0.2, 0.25) is 0 Å². The SMILES string of the molecule is CSc1ccc(OS(=O)(=O)c2cc(S(=O)(=O)c3ccccc3)cs2)cc1. The van der Waals surface area contributed by atoms with E-state index in [4.69, 9.17) is 4.18 Å². The molecule has 0 unspecified atom stereocenters. The third kappa shape index (κ3) is 3.96. The van der Waals surface area contributed by atoms with Crippen LogP contribution in [-0.4, -0.2) is 23.1 Å². The fraction of sp³-hybridized carbons (Fsp3) is 0.0588. The molecule has 0 saturated carbocycles. The van der Waals surface area contributed by atoms with Crippen LogP contribution >= 0.6 is 23.1 Å². The molecule has 5 nitrogen and oxygen atoms in total. The Labute approximate surface area is 160 Å². The van der Waals surface area contributed by atoms with Gasteiger partial charge in [0.2, 0.25) is 9.84 Å². The molecule has 0 radical (unpaired) electrons. The maximum atomic E-state index is 12.6. The van der Waals surface area contributed by atoms with Gasteiger partial charge in [-0.1, -0.05) is 18.2 Å². The molecule has 26 heavy (non-hydrogen) atoms. The Bertz CT molecular complexity index is 1100. The zero-order chi connectivity index (χ0) is 18.8. The highest BCUT2D eigenvalue weighted by Crippen LogP contribution is 2.30. The first kappa shape index (κ1) is 19.0. The lowest BCUT2D eigenvalue weighted by atomic mass is 10.3. The summed E-state index contributed by atoms with van der Waals surface area (Å²) in [6.07, 6.45) is 1.91. The minimum atomic E-state index is -4.11. The summed E-state index contributed by atoms with van der Waals surface area (Å²) in [6.45, 7) is 0. The zero-order valence-electron chi connectivity index (χ0n) is 13.5. The van der Waals surface area contributed by atoms with Gasteiger partial charge in [0.1, 0.15) is 5.75 Å². The third-order valence-corrected chi connectivity index (χ3v) is 8.71. The highest BCUT2D eigenvalue weighted by atomic mass is 32.3. The Morgan fingerprint density at radius 2 is 1.54 bits per heavy atom. The van der Waals surface area contributed by atoms with Gasteiger partial charge in [0.15, 0.2) is 4.21 Å². The van der Waals surface area contributed by atoms with Crippen molar-refractivity contribution in [2.24, 2.45) is 0 Å². The minimum Gasteiger partial charge on any atom is -0.378 e. The summed E-state index contributed by atoms with van der Waals surface area (Å²) in [7, 11) is -7.88. The van der Waals surface area contributed by atoms with E-state index < -0.39 is 20.0 Å². The standard InChI is InChI=1S/C17H14O5S4/c1-23-14-9-7-13(8-10-14)22-26(20,21)17-11-16(12-24-17)25(18,19)15-5-3-2-4-6-15/h2-12H,1H3. The number of benzene rings is 2. The van der Waals surface area contributed by atoms with Crippen LogP contribution in [-0.2, 0) is 20.0 Å². The average Bonchev–Trinajstić information content (AvgIpc) is 3.15. The summed E-state index contributed by atoms with van der Waals surface area (Å²) in [5.41, 5.74) is 0. The van der Waals surface area contributed by atoms with Crippen molar-refractivity contribution < 1.29 is 21.0 Å². The predicted molar refractivity (Wildman–Crippen MR) is 102 cm³/mol. The topological polar surface area (TPSA) is 77.5 Å². The predicted octanol–water partition coefficient (Wildman–Crippen LogP) is 4.07. The molecule has 2 aromatic carbocycles. The van der Waals surface area contributed by atoms with E-state index in [0.717, 1.165) is 22.3 Å². The van der Waals surface area contributed by atoms with E-state index >= 15 is 0 Å². The minimum absolute atomic E-state index is 0.0754. The molecule has 0 N–H and O–H groups in total. The number of thioether (sulfide) groups is 1. The van der Waals surface area contributed by atoms with Gasteiger partial charge < -0.3 is 4.18 Å². The van der Waals surface area contributed by atoms with Crippen molar-refractivity contribution in [3.8, 4) is 5.75 Å². The molecule has 0 spiro atoms. The molecule has 9 heteroatoms. The van der Waals surface area contributed by atoms with Gasteiger partial charge in [0.25, 0.3) is 0 Å². The molecule has 136 valence electrons. The molecule has 0 bridgehead atoms. The van der Waals surface area contributed by atoms with E-state index in [1.165, 1.54) is 29.3 Å². The van der Waals surface area contributed by atoms with E-state index in [2.05, 4.69) is 0 Å². The van der Waals surface area contributed by atoms with Crippen LogP contribution in [0.5, 0.6) is 5.75 Å². The molecule has 1 heterocycles. The summed E-state index contributed by atoms with van der Waals surface area (Å²) in [6, 6.07) is 15.6. The molecular weight excluding hydrogens is 412 g/mol. The van der Waals surface area contributed by atoms with Gasteiger partial charge >= 0.3 is 10.1 Å². The number of hydrogen-bond donors (Lipinski definition) is 0. The lowest BCUT2D eigenvalue weighted by Crippen LogP contribution is -2.08. The molecule has 0 aliphatic rings. The van der Waals surface area contributed by atoms with E-state index in [-0.39, 0.29) is 19.7 Å². The Kier molecular flexibility index (Phi) is 5.42. The molecular formula is C17H14O5S4. The second-order valence-electron chi connectivity index (χ2n) is 5.13. The largest absolute Gasteiger partial charge is 0.378 e. The quantitative estimate of drug-likeness (QED) is 0.437. The first-order valence-corrected chi connectivity index (χ1v) is 12.3. The average molecular weight is 427 g/mol. The van der Waals surface area contributed by atoms with Crippen molar-refractivity contribution in [3.63, 3.8) is 0 Å². The molecule has 3 aromatic rings. The third-order valence-electron chi connectivity index (χ3n) is 3.43. The molecule has 0 aliphatic carbocycles. The van der Waals surface area contributed by atoms with Crippen LogP contribution in [0.25, 0.3) is 0 Å². The number of sulfone groups is 1. The van der Waals surface area contributed by atoms with E-state index in [1.54, 1.807) is 42.5 Å². The zero-order valence-corrected chi connectivity index (χ0v) is 16.8. The van der Waals surface area contributed by atoms with Gasteiger partial charge in [0.05, 0.1) is 9.79 Å². The van der Waals surface area contributed by atoms with Crippen LogP contribution in [0.4, 0.5) is 0 Å². The van der Waals surface area contributed by atoms with E-state index in [9.17, 15) is 16.8 Å². The molecule has 3 rings (SSSR count). The number of rotatable bonds is 6. The summed E-state index contributed by atoms with van der Waals surface area (Å²) in [4.78, 5) is 1.01. The summed E-state index contributed by atoms with van der Waals surface area (Å²) < 4.78 is 54.9. The Morgan fingerprint density at radius 1 is 0.885 bits per heavy atom. The van der Waals surface area contributed by atoms with E-state index in [1.807, 2.05) is 6.26 Å². The lowest BCUT2D eigenvalue weighted by Gasteiger charge is -2.05. The molecule has 1 aromatic heterocycles. The summed E-state index contributed by atoms with van der Waals surface area (Å²) in [5, 5.41) is 1.30. The van der Waals surface area contributed by atoms with Crippen molar-refractivity contribution in [2.75, 3.05) is 6.26 Å². The maximum absolute atomic E-state index is 12.6. The molecule has 0 amide bonds. The fourth-order valence-electron chi connectivity index (χ4n) is 2.11. The van der Waals surface area contributed by atoms with Gasteiger partial charge in [-0.3, -0.25) is 0 Å². The van der Waals surface area contributed by atoms with Crippen molar-refractivity contribution in [1.29, 1.82) is 0 Å². The van der Waals surface area contributed by atoms with Crippen LogP contribution in [0, 0.1) is 0 Å². The van der Waals surface area contributed by atoms with Gasteiger partial charge in [-0.05, 0) is 48.7 Å².